The molecule has 3 N–H and O–H groups in total. The maximum Gasteiger partial charge on any atom is 0.217 e. The van der Waals surface area contributed by atoms with E-state index in [-0.39, 0.29) is 5.91 Å². The van der Waals surface area contributed by atoms with E-state index in [0.717, 1.165) is 56.8 Å². The minimum atomic E-state index is -0.221. The second kappa shape index (κ2) is 11.0. The van der Waals surface area contributed by atoms with Crippen molar-refractivity contribution in [1.29, 1.82) is 0 Å². The second-order valence-electron chi connectivity index (χ2n) is 8.18. The fourth-order valence-electron chi connectivity index (χ4n) is 4.27. The number of hydrogen-bond acceptors (Lipinski definition) is 4. The average Bonchev–Trinajstić information content (AvgIpc) is 2.72. The number of likely N-dealkylation sites (tertiary alicyclic amines) is 1. The zero-order chi connectivity index (χ0) is 20.5. The molecule has 0 aromatic carbocycles. The Morgan fingerprint density at radius 1 is 1.31 bits per heavy atom. The van der Waals surface area contributed by atoms with E-state index < -0.39 is 0 Å². The summed E-state index contributed by atoms with van der Waals surface area (Å²) in [6.07, 6.45) is 10.7. The van der Waals surface area contributed by atoms with E-state index in [2.05, 4.69) is 22.1 Å². The van der Waals surface area contributed by atoms with E-state index in [0.29, 0.717) is 30.9 Å². The standard InChI is InChI=1S/C22H35N5O2/c1-2-24-22(27-12-6-7-18(16-27)13-20(23)28)26-15-17-10-11-25-21(14-17)29-19-8-4-3-5-9-19/h10-11,14,18-19H,2-9,12-13,15-16H2,1H3,(H2,23,28)(H,24,26). The fraction of sp³-hybridized carbons (Fsp3) is 0.682. The molecule has 1 aliphatic heterocycles. The summed E-state index contributed by atoms with van der Waals surface area (Å²) in [6, 6.07) is 4.00. The van der Waals surface area contributed by atoms with E-state index in [4.69, 9.17) is 15.5 Å². The van der Waals surface area contributed by atoms with Crippen molar-refractivity contribution in [1.82, 2.24) is 15.2 Å². The number of guanidine groups is 1. The summed E-state index contributed by atoms with van der Waals surface area (Å²) in [4.78, 5) is 22.8. The summed E-state index contributed by atoms with van der Waals surface area (Å²) in [5.74, 6) is 1.69. The predicted molar refractivity (Wildman–Crippen MR) is 115 cm³/mol. The summed E-state index contributed by atoms with van der Waals surface area (Å²) >= 11 is 0. The third kappa shape index (κ3) is 6.91. The molecular weight excluding hydrogens is 366 g/mol. The number of aliphatic imine (C=N–C) groups is 1. The van der Waals surface area contributed by atoms with Crippen molar-refractivity contribution in [3.8, 4) is 5.88 Å². The van der Waals surface area contributed by atoms with Gasteiger partial charge < -0.3 is 20.7 Å². The first-order valence-electron chi connectivity index (χ1n) is 11.1. The van der Waals surface area contributed by atoms with Crippen LogP contribution in [0.1, 0.15) is 63.9 Å². The van der Waals surface area contributed by atoms with Gasteiger partial charge in [0.1, 0.15) is 6.10 Å². The van der Waals surface area contributed by atoms with Gasteiger partial charge in [0.15, 0.2) is 5.96 Å². The molecule has 0 spiro atoms. The van der Waals surface area contributed by atoms with Gasteiger partial charge in [0.2, 0.25) is 11.8 Å². The Kier molecular flexibility index (Phi) is 8.14. The highest BCUT2D eigenvalue weighted by atomic mass is 16.5. The number of pyridine rings is 1. The van der Waals surface area contributed by atoms with Gasteiger partial charge in [-0.1, -0.05) is 6.42 Å². The Morgan fingerprint density at radius 2 is 2.14 bits per heavy atom. The van der Waals surface area contributed by atoms with Gasteiger partial charge in [-0.25, -0.2) is 9.98 Å². The number of primary amides is 1. The summed E-state index contributed by atoms with van der Waals surface area (Å²) in [7, 11) is 0. The molecule has 1 aliphatic carbocycles. The molecule has 2 aliphatic rings. The maximum atomic E-state index is 11.3. The van der Waals surface area contributed by atoms with Gasteiger partial charge in [-0.3, -0.25) is 4.79 Å². The molecule has 1 saturated carbocycles. The normalized spacial score (nSPS) is 21.1. The number of carbonyl (C=O) groups is 1. The SMILES string of the molecule is CCNC(=NCc1ccnc(OC2CCCCC2)c1)N1CCCC(CC(N)=O)C1. The molecule has 7 heteroatoms. The summed E-state index contributed by atoms with van der Waals surface area (Å²) in [5, 5.41) is 3.39. The van der Waals surface area contributed by atoms with Crippen LogP contribution in [0.3, 0.4) is 0 Å². The Hall–Kier alpha value is -2.31. The van der Waals surface area contributed by atoms with E-state index in [1.807, 2.05) is 12.1 Å². The summed E-state index contributed by atoms with van der Waals surface area (Å²) < 4.78 is 6.09. The number of carbonyl (C=O) groups excluding carboxylic acids is 1. The number of nitrogens with zero attached hydrogens (tertiary/aromatic N) is 3. The van der Waals surface area contributed by atoms with Crippen molar-refractivity contribution in [3.63, 3.8) is 0 Å². The van der Waals surface area contributed by atoms with Crippen LogP contribution in [-0.4, -0.2) is 47.5 Å². The third-order valence-corrected chi connectivity index (χ3v) is 5.69. The smallest absolute Gasteiger partial charge is 0.217 e. The Morgan fingerprint density at radius 3 is 2.90 bits per heavy atom. The lowest BCUT2D eigenvalue weighted by atomic mass is 9.95. The molecule has 1 saturated heterocycles. The monoisotopic (exact) mass is 401 g/mol. The zero-order valence-corrected chi connectivity index (χ0v) is 17.6. The number of rotatable bonds is 7. The zero-order valence-electron chi connectivity index (χ0n) is 17.6. The first-order valence-corrected chi connectivity index (χ1v) is 11.1. The minimum absolute atomic E-state index is 0.221. The second-order valence-corrected chi connectivity index (χ2v) is 8.18. The molecule has 1 amide bonds. The number of nitrogens with two attached hydrogens (primary N) is 1. The lowest BCUT2D eigenvalue weighted by molar-refractivity contribution is -0.119. The third-order valence-electron chi connectivity index (χ3n) is 5.69. The van der Waals surface area contributed by atoms with Gasteiger partial charge in [0.25, 0.3) is 0 Å². The van der Waals surface area contributed by atoms with Crippen LogP contribution in [0.25, 0.3) is 0 Å². The molecule has 1 aromatic heterocycles. The molecule has 0 radical (unpaired) electrons. The molecule has 2 heterocycles. The number of amides is 1. The van der Waals surface area contributed by atoms with E-state index in [1.54, 1.807) is 6.20 Å². The number of ether oxygens (including phenoxy) is 1. The van der Waals surface area contributed by atoms with Crippen LogP contribution in [0.15, 0.2) is 23.3 Å². The molecule has 1 aromatic rings. The highest BCUT2D eigenvalue weighted by molar-refractivity contribution is 5.80. The van der Waals surface area contributed by atoms with Gasteiger partial charge in [-0.05, 0) is 63.0 Å². The first-order chi connectivity index (χ1) is 14.1. The molecular formula is C22H35N5O2. The van der Waals surface area contributed by atoms with Gasteiger partial charge in [-0.15, -0.1) is 0 Å². The van der Waals surface area contributed by atoms with Crippen molar-refractivity contribution in [2.24, 2.45) is 16.6 Å². The van der Waals surface area contributed by atoms with Gasteiger partial charge in [0, 0.05) is 38.3 Å². The van der Waals surface area contributed by atoms with Crippen LogP contribution >= 0.6 is 0 Å². The van der Waals surface area contributed by atoms with Crippen LogP contribution in [0.5, 0.6) is 5.88 Å². The van der Waals surface area contributed by atoms with Crippen LogP contribution in [0, 0.1) is 5.92 Å². The quantitative estimate of drug-likeness (QED) is 0.541. The largest absolute Gasteiger partial charge is 0.474 e. The average molecular weight is 402 g/mol. The Balaban J connectivity index is 1.62. The van der Waals surface area contributed by atoms with Crippen LogP contribution in [-0.2, 0) is 11.3 Å². The van der Waals surface area contributed by atoms with Crippen LogP contribution < -0.4 is 15.8 Å². The molecule has 0 bridgehead atoms. The number of hydrogen-bond donors (Lipinski definition) is 2. The first kappa shape index (κ1) is 21.4. The van der Waals surface area contributed by atoms with E-state index in [9.17, 15) is 4.79 Å². The maximum absolute atomic E-state index is 11.3. The molecule has 29 heavy (non-hydrogen) atoms. The number of nitrogens with one attached hydrogen (secondary N) is 1. The van der Waals surface area contributed by atoms with Crippen molar-refractivity contribution in [2.75, 3.05) is 19.6 Å². The molecule has 7 nitrogen and oxygen atoms in total. The molecule has 1 unspecified atom stereocenters. The van der Waals surface area contributed by atoms with Crippen LogP contribution in [0.4, 0.5) is 0 Å². The number of aromatic nitrogens is 1. The van der Waals surface area contributed by atoms with Crippen LogP contribution in [0.2, 0.25) is 0 Å². The molecule has 1 atom stereocenters. The molecule has 2 fully saturated rings. The minimum Gasteiger partial charge on any atom is -0.474 e. The highest BCUT2D eigenvalue weighted by Crippen LogP contribution is 2.23. The van der Waals surface area contributed by atoms with Gasteiger partial charge >= 0.3 is 0 Å². The van der Waals surface area contributed by atoms with Gasteiger partial charge in [-0.2, -0.15) is 0 Å². The Labute approximate surface area is 174 Å². The van der Waals surface area contributed by atoms with E-state index in [1.165, 1.54) is 19.3 Å². The summed E-state index contributed by atoms with van der Waals surface area (Å²) in [5.41, 5.74) is 6.49. The lowest BCUT2D eigenvalue weighted by Gasteiger charge is -2.34. The molecule has 160 valence electrons. The highest BCUT2D eigenvalue weighted by Gasteiger charge is 2.23. The fourth-order valence-corrected chi connectivity index (χ4v) is 4.27. The summed E-state index contributed by atoms with van der Waals surface area (Å²) in [6.45, 7) is 5.22. The van der Waals surface area contributed by atoms with Crippen molar-refractivity contribution in [3.05, 3.63) is 23.9 Å². The van der Waals surface area contributed by atoms with E-state index >= 15 is 0 Å². The molecule has 3 rings (SSSR count). The predicted octanol–water partition coefficient (Wildman–Crippen LogP) is 2.85. The topological polar surface area (TPSA) is 92.8 Å². The van der Waals surface area contributed by atoms with Crippen molar-refractivity contribution < 1.29 is 9.53 Å². The Bertz CT molecular complexity index is 688. The lowest BCUT2D eigenvalue weighted by Crippen LogP contribution is -2.47. The van der Waals surface area contributed by atoms with Gasteiger partial charge in [0.05, 0.1) is 6.54 Å². The number of piperidine rings is 1. The van der Waals surface area contributed by atoms with Crippen molar-refractivity contribution >= 4 is 11.9 Å². The van der Waals surface area contributed by atoms with Crippen molar-refractivity contribution in [2.45, 2.75) is 70.9 Å².